The number of hydrogen-bond acceptors (Lipinski definition) is 6. The first-order valence-electron chi connectivity index (χ1n) is 8.64. The van der Waals surface area contributed by atoms with Crippen molar-refractivity contribution in [2.45, 2.75) is 13.1 Å². The zero-order valence-electron chi connectivity index (χ0n) is 15.6. The fraction of sp³-hybridized carbons (Fsp3) is 0.316. The van der Waals surface area contributed by atoms with Crippen molar-refractivity contribution in [2.24, 2.45) is 0 Å². The summed E-state index contributed by atoms with van der Waals surface area (Å²) in [4.78, 5) is 38.1. The molecule has 148 valence electrons. The highest BCUT2D eigenvalue weighted by molar-refractivity contribution is 7.17. The van der Waals surface area contributed by atoms with Crippen LogP contribution < -0.4 is 21.3 Å². The molecule has 0 fully saturated rings. The van der Waals surface area contributed by atoms with Gasteiger partial charge in [0.1, 0.15) is 17.0 Å². The first-order valence-corrected chi connectivity index (χ1v) is 9.52. The molecular formula is C19H21N3O5S. The Morgan fingerprint density at radius 3 is 2.75 bits per heavy atom. The second-order valence-corrected chi connectivity index (χ2v) is 7.01. The maximum atomic E-state index is 13.0. The van der Waals surface area contributed by atoms with Gasteiger partial charge in [-0.2, -0.15) is 0 Å². The van der Waals surface area contributed by atoms with Gasteiger partial charge < -0.3 is 14.8 Å². The van der Waals surface area contributed by atoms with Crippen LogP contribution in [0.1, 0.15) is 5.56 Å². The number of methoxy groups -OCH3 is 2. The van der Waals surface area contributed by atoms with Gasteiger partial charge >= 0.3 is 5.69 Å². The number of nitrogens with zero attached hydrogens (tertiary/aromatic N) is 2. The van der Waals surface area contributed by atoms with E-state index in [1.807, 2.05) is 6.07 Å². The molecule has 3 aromatic rings. The number of benzene rings is 1. The number of fused-ring (bicyclic) bond motifs is 1. The van der Waals surface area contributed by atoms with Crippen LogP contribution in [0.2, 0.25) is 0 Å². The van der Waals surface area contributed by atoms with Crippen molar-refractivity contribution in [3.05, 3.63) is 62.1 Å². The lowest BCUT2D eigenvalue weighted by Crippen LogP contribution is -2.42. The third-order valence-electron chi connectivity index (χ3n) is 4.24. The van der Waals surface area contributed by atoms with E-state index in [1.54, 1.807) is 43.9 Å². The molecule has 0 aliphatic heterocycles. The van der Waals surface area contributed by atoms with E-state index >= 15 is 0 Å². The van der Waals surface area contributed by atoms with Crippen LogP contribution in [0, 0.1) is 0 Å². The summed E-state index contributed by atoms with van der Waals surface area (Å²) in [5.41, 5.74) is 0.323. The lowest BCUT2D eigenvalue weighted by molar-refractivity contribution is -0.121. The molecule has 0 atom stereocenters. The van der Waals surface area contributed by atoms with E-state index < -0.39 is 5.69 Å². The van der Waals surface area contributed by atoms with Crippen molar-refractivity contribution >= 4 is 27.5 Å². The summed E-state index contributed by atoms with van der Waals surface area (Å²) in [7, 11) is 3.10. The van der Waals surface area contributed by atoms with E-state index in [0.29, 0.717) is 29.1 Å². The first kappa shape index (κ1) is 19.8. The smallest absolute Gasteiger partial charge is 0.332 e. The molecule has 0 radical (unpaired) electrons. The van der Waals surface area contributed by atoms with Crippen molar-refractivity contribution in [3.63, 3.8) is 0 Å². The fourth-order valence-electron chi connectivity index (χ4n) is 2.87. The molecular weight excluding hydrogens is 382 g/mol. The van der Waals surface area contributed by atoms with E-state index in [2.05, 4.69) is 5.32 Å². The van der Waals surface area contributed by atoms with E-state index in [9.17, 15) is 14.4 Å². The fourth-order valence-corrected chi connectivity index (χ4v) is 3.71. The van der Waals surface area contributed by atoms with Gasteiger partial charge in [-0.3, -0.25) is 18.7 Å². The van der Waals surface area contributed by atoms with Crippen molar-refractivity contribution in [2.75, 3.05) is 27.4 Å². The minimum Gasteiger partial charge on any atom is -0.497 e. The Labute approximate surface area is 164 Å². The van der Waals surface area contributed by atoms with E-state index in [-0.39, 0.29) is 24.6 Å². The molecule has 8 nitrogen and oxygen atoms in total. The molecule has 0 unspecified atom stereocenters. The summed E-state index contributed by atoms with van der Waals surface area (Å²) >= 11 is 1.25. The molecule has 0 aliphatic rings. The maximum absolute atomic E-state index is 13.0. The van der Waals surface area contributed by atoms with Gasteiger partial charge in [-0.1, -0.05) is 12.1 Å². The highest BCUT2D eigenvalue weighted by Crippen LogP contribution is 2.16. The van der Waals surface area contributed by atoms with Gasteiger partial charge in [0, 0.05) is 13.7 Å². The van der Waals surface area contributed by atoms with Gasteiger partial charge in [0.25, 0.3) is 5.56 Å². The Morgan fingerprint density at radius 1 is 1.18 bits per heavy atom. The van der Waals surface area contributed by atoms with Gasteiger partial charge in [0.05, 0.1) is 25.8 Å². The molecule has 0 saturated heterocycles. The van der Waals surface area contributed by atoms with Crippen molar-refractivity contribution < 1.29 is 14.3 Å². The second-order valence-electron chi connectivity index (χ2n) is 6.09. The molecule has 0 spiro atoms. The van der Waals surface area contributed by atoms with Gasteiger partial charge in [0.15, 0.2) is 0 Å². The second kappa shape index (κ2) is 8.85. The number of hydrogen-bond donors (Lipinski definition) is 1. The molecule has 1 amide bonds. The molecule has 2 aromatic heterocycles. The number of carbonyl (C=O) groups excluding carboxylic acids is 1. The summed E-state index contributed by atoms with van der Waals surface area (Å²) in [5.74, 6) is 0.318. The molecule has 1 N–H and O–H groups in total. The van der Waals surface area contributed by atoms with Crippen LogP contribution in [0.25, 0.3) is 10.2 Å². The Balaban J connectivity index is 2.00. The third-order valence-corrected chi connectivity index (χ3v) is 5.13. The zero-order valence-corrected chi connectivity index (χ0v) is 16.5. The predicted octanol–water partition coefficient (Wildman–Crippen LogP) is 1.04. The van der Waals surface area contributed by atoms with Crippen LogP contribution in [-0.2, 0) is 22.6 Å². The summed E-state index contributed by atoms with van der Waals surface area (Å²) < 4.78 is 13.0. The van der Waals surface area contributed by atoms with E-state index in [4.69, 9.17) is 9.47 Å². The highest BCUT2D eigenvalue weighted by atomic mass is 32.1. The van der Waals surface area contributed by atoms with Gasteiger partial charge in [-0.25, -0.2) is 4.79 Å². The monoisotopic (exact) mass is 403 g/mol. The molecule has 9 heteroatoms. The molecule has 0 aliphatic carbocycles. The minimum atomic E-state index is -0.527. The zero-order chi connectivity index (χ0) is 20.1. The lowest BCUT2D eigenvalue weighted by Gasteiger charge is -2.13. The average molecular weight is 403 g/mol. The van der Waals surface area contributed by atoms with E-state index in [0.717, 1.165) is 10.1 Å². The number of aromatic nitrogens is 2. The Kier molecular flexibility index (Phi) is 6.27. The Morgan fingerprint density at radius 2 is 2.00 bits per heavy atom. The number of amides is 1. The van der Waals surface area contributed by atoms with Crippen molar-refractivity contribution in [3.8, 4) is 5.75 Å². The van der Waals surface area contributed by atoms with Crippen LogP contribution >= 0.6 is 11.3 Å². The Bertz CT molecular complexity index is 1100. The van der Waals surface area contributed by atoms with Crippen LogP contribution in [0.15, 0.2) is 45.3 Å². The third kappa shape index (κ3) is 4.15. The number of carbonyl (C=O) groups is 1. The maximum Gasteiger partial charge on any atom is 0.332 e. The highest BCUT2D eigenvalue weighted by Gasteiger charge is 2.16. The first-order chi connectivity index (χ1) is 13.5. The normalized spacial score (nSPS) is 10.9. The number of thiophene rings is 1. The van der Waals surface area contributed by atoms with Crippen LogP contribution in [0.5, 0.6) is 5.75 Å². The molecule has 28 heavy (non-hydrogen) atoms. The molecule has 0 saturated carbocycles. The van der Waals surface area contributed by atoms with Crippen LogP contribution in [-0.4, -0.2) is 42.4 Å². The predicted molar refractivity (Wildman–Crippen MR) is 107 cm³/mol. The molecule has 3 rings (SSSR count). The minimum absolute atomic E-state index is 0.0913. The lowest BCUT2D eigenvalue weighted by atomic mass is 10.2. The number of rotatable bonds is 8. The topological polar surface area (TPSA) is 91.6 Å². The SMILES string of the molecule is COCCNC(=O)Cn1c(=O)n(Cc2cccc(OC)c2)c(=O)c2sccc21. The molecule has 0 bridgehead atoms. The summed E-state index contributed by atoms with van der Waals surface area (Å²) in [5, 5.41) is 4.43. The summed E-state index contributed by atoms with van der Waals surface area (Å²) in [6.07, 6.45) is 0. The summed E-state index contributed by atoms with van der Waals surface area (Å²) in [6.45, 7) is 0.645. The largest absolute Gasteiger partial charge is 0.497 e. The number of ether oxygens (including phenoxy) is 2. The van der Waals surface area contributed by atoms with Gasteiger partial charge in [0.2, 0.25) is 5.91 Å². The average Bonchev–Trinajstić information content (AvgIpc) is 3.19. The van der Waals surface area contributed by atoms with Crippen LogP contribution in [0.4, 0.5) is 0 Å². The quantitative estimate of drug-likeness (QED) is 0.568. The Hall–Kier alpha value is -2.91. The van der Waals surface area contributed by atoms with E-state index in [1.165, 1.54) is 15.9 Å². The van der Waals surface area contributed by atoms with Gasteiger partial charge in [-0.15, -0.1) is 11.3 Å². The molecule has 1 aromatic carbocycles. The van der Waals surface area contributed by atoms with Crippen molar-refractivity contribution in [1.82, 2.24) is 14.5 Å². The van der Waals surface area contributed by atoms with Crippen molar-refractivity contribution in [1.29, 1.82) is 0 Å². The summed E-state index contributed by atoms with van der Waals surface area (Å²) in [6, 6.07) is 8.85. The molecule has 2 heterocycles. The van der Waals surface area contributed by atoms with Crippen LogP contribution in [0.3, 0.4) is 0 Å². The number of nitrogens with one attached hydrogen (secondary N) is 1. The van der Waals surface area contributed by atoms with Gasteiger partial charge in [-0.05, 0) is 29.1 Å². The standard InChI is InChI=1S/C19H21N3O5S/c1-26-8-7-20-16(23)12-21-15-6-9-28-17(15)18(24)22(19(21)25)11-13-4-3-5-14(10-13)27-2/h3-6,9-10H,7-8,11-12H2,1-2H3,(H,20,23).